The zero-order chi connectivity index (χ0) is 20.6. The van der Waals surface area contributed by atoms with E-state index < -0.39 is 0 Å². The lowest BCUT2D eigenvalue weighted by atomic mass is 9.47. The zero-order valence-electron chi connectivity index (χ0n) is 18.9. The number of allylic oxidation sites excluding steroid dienone is 4. The third-order valence-electron chi connectivity index (χ3n) is 9.03. The van der Waals surface area contributed by atoms with Crippen LogP contribution in [0.25, 0.3) is 0 Å². The third kappa shape index (κ3) is 3.83. The van der Waals surface area contributed by atoms with Crippen LogP contribution < -0.4 is 0 Å². The van der Waals surface area contributed by atoms with E-state index in [1.165, 1.54) is 44.1 Å². The van der Waals surface area contributed by atoms with Gasteiger partial charge in [0, 0.05) is 6.54 Å². The molecule has 0 saturated heterocycles. The van der Waals surface area contributed by atoms with Crippen LogP contribution in [0.15, 0.2) is 28.5 Å². The second-order valence-corrected chi connectivity index (χ2v) is 10.8. The molecule has 0 aromatic rings. The van der Waals surface area contributed by atoms with Crippen LogP contribution in [0.2, 0.25) is 0 Å². The van der Waals surface area contributed by atoms with E-state index in [1.807, 2.05) is 20.3 Å². The number of nitrogens with zero attached hydrogens (tertiary/aromatic N) is 2. The van der Waals surface area contributed by atoms with E-state index in [4.69, 9.17) is 4.84 Å². The molecule has 29 heavy (non-hydrogen) atoms. The van der Waals surface area contributed by atoms with Crippen molar-refractivity contribution < 1.29 is 9.94 Å². The van der Waals surface area contributed by atoms with Gasteiger partial charge in [-0.15, -0.1) is 0 Å². The number of likely N-dealkylation sites (N-methyl/N-ethyl adjacent to an activating group) is 1. The Bertz CT molecular complexity index is 697. The fourth-order valence-electron chi connectivity index (χ4n) is 7.16. The fraction of sp³-hybridized carbons (Fsp3) is 0.800. The first-order valence-electron chi connectivity index (χ1n) is 11.7. The Kier molecular flexibility index (Phi) is 5.96. The van der Waals surface area contributed by atoms with Crippen molar-refractivity contribution in [3.63, 3.8) is 0 Å². The summed E-state index contributed by atoms with van der Waals surface area (Å²) in [5, 5.41) is 14.7. The van der Waals surface area contributed by atoms with Crippen LogP contribution in [0.4, 0.5) is 0 Å². The van der Waals surface area contributed by atoms with E-state index in [9.17, 15) is 5.11 Å². The molecule has 3 saturated carbocycles. The topological polar surface area (TPSA) is 45.1 Å². The minimum atomic E-state index is -0.0710. The maximum Gasteiger partial charge on any atom is 0.129 e. The Hall–Kier alpha value is -1.13. The highest BCUT2D eigenvalue weighted by Crippen LogP contribution is 2.65. The molecule has 3 unspecified atom stereocenters. The van der Waals surface area contributed by atoms with E-state index in [1.54, 1.807) is 5.57 Å². The molecule has 0 radical (unpaired) electrons. The number of fused-ring (bicyclic) bond motifs is 5. The highest BCUT2D eigenvalue weighted by molar-refractivity contribution is 5.72. The molecule has 0 spiro atoms. The van der Waals surface area contributed by atoms with Gasteiger partial charge >= 0.3 is 0 Å². The molecule has 3 fully saturated rings. The lowest BCUT2D eigenvalue weighted by Gasteiger charge is -2.58. The van der Waals surface area contributed by atoms with Crippen molar-refractivity contribution in [3.8, 4) is 0 Å². The maximum absolute atomic E-state index is 10.6. The fourth-order valence-corrected chi connectivity index (χ4v) is 7.16. The SMILES string of the molecule is CN(C)CCON=CC=C1C=C2CCC3C(CC[C@@]4(C)C3CC[C@@H]4O)[C@@]2(C)CC1. The van der Waals surface area contributed by atoms with Crippen molar-refractivity contribution in [2.75, 3.05) is 27.2 Å². The zero-order valence-corrected chi connectivity index (χ0v) is 18.9. The van der Waals surface area contributed by atoms with Crippen LogP contribution in [0.3, 0.4) is 0 Å². The lowest BCUT2D eigenvalue weighted by Crippen LogP contribution is -2.50. The lowest BCUT2D eigenvalue weighted by molar-refractivity contribution is -0.0727. The average molecular weight is 401 g/mol. The van der Waals surface area contributed by atoms with Crippen LogP contribution in [0, 0.1) is 28.6 Å². The summed E-state index contributed by atoms with van der Waals surface area (Å²) in [4.78, 5) is 7.43. The molecule has 0 aromatic carbocycles. The van der Waals surface area contributed by atoms with Crippen molar-refractivity contribution in [1.29, 1.82) is 0 Å². The Morgan fingerprint density at radius 2 is 1.97 bits per heavy atom. The standard InChI is InChI=1S/C25H40N2O2/c1-24-12-9-18(11-14-26-29-16-15-27(3)4)17-19(24)5-6-20-21-7-8-23(28)25(21,2)13-10-22(20)24/h11,14,17,20-23,28H,5-10,12-13,15-16H2,1-4H3/t20?,21?,22?,23-,24-,25-/m0/s1. The summed E-state index contributed by atoms with van der Waals surface area (Å²) in [7, 11) is 4.08. The molecule has 4 aliphatic carbocycles. The van der Waals surface area contributed by atoms with Gasteiger partial charge in [-0.25, -0.2) is 0 Å². The van der Waals surface area contributed by atoms with Gasteiger partial charge in [-0.1, -0.05) is 30.7 Å². The predicted octanol–water partition coefficient (Wildman–Crippen LogP) is 4.80. The molecule has 6 atom stereocenters. The van der Waals surface area contributed by atoms with Crippen molar-refractivity contribution in [2.24, 2.45) is 33.7 Å². The number of rotatable bonds is 5. The van der Waals surface area contributed by atoms with Crippen LogP contribution in [-0.2, 0) is 4.84 Å². The number of aliphatic hydroxyl groups is 1. The predicted molar refractivity (Wildman–Crippen MR) is 119 cm³/mol. The van der Waals surface area contributed by atoms with Crippen LogP contribution >= 0.6 is 0 Å². The van der Waals surface area contributed by atoms with Gasteiger partial charge < -0.3 is 14.8 Å². The first-order valence-corrected chi connectivity index (χ1v) is 11.7. The van der Waals surface area contributed by atoms with Gasteiger partial charge in [-0.05, 0) is 106 Å². The highest BCUT2D eigenvalue weighted by atomic mass is 16.6. The smallest absolute Gasteiger partial charge is 0.129 e. The van der Waals surface area contributed by atoms with Gasteiger partial charge in [0.1, 0.15) is 6.61 Å². The molecule has 4 aliphatic rings. The Balaban J connectivity index is 1.44. The molecule has 162 valence electrons. The summed E-state index contributed by atoms with van der Waals surface area (Å²) in [6.07, 6.45) is 16.1. The van der Waals surface area contributed by atoms with E-state index >= 15 is 0 Å². The number of aliphatic hydroxyl groups excluding tert-OH is 1. The molecule has 4 heteroatoms. The summed E-state index contributed by atoms with van der Waals surface area (Å²) >= 11 is 0. The maximum atomic E-state index is 10.6. The first kappa shape index (κ1) is 21.1. The molecular weight excluding hydrogens is 360 g/mol. The molecule has 4 rings (SSSR count). The third-order valence-corrected chi connectivity index (χ3v) is 9.03. The Morgan fingerprint density at radius 1 is 1.14 bits per heavy atom. The highest BCUT2D eigenvalue weighted by Gasteiger charge is 2.58. The van der Waals surface area contributed by atoms with E-state index in [0.29, 0.717) is 12.0 Å². The number of hydrogen-bond donors (Lipinski definition) is 1. The summed E-state index contributed by atoms with van der Waals surface area (Å²) in [6, 6.07) is 0. The van der Waals surface area contributed by atoms with Gasteiger partial charge in [-0.2, -0.15) is 0 Å². The molecule has 0 bridgehead atoms. The molecule has 0 aliphatic heterocycles. The summed E-state index contributed by atoms with van der Waals surface area (Å²) in [6.45, 7) is 6.43. The van der Waals surface area contributed by atoms with Crippen molar-refractivity contribution in [2.45, 2.75) is 71.3 Å². The minimum Gasteiger partial charge on any atom is -0.394 e. The number of hydrogen-bond acceptors (Lipinski definition) is 4. The van der Waals surface area contributed by atoms with Gasteiger partial charge in [0.2, 0.25) is 0 Å². The van der Waals surface area contributed by atoms with Crippen molar-refractivity contribution in [1.82, 2.24) is 4.90 Å². The van der Waals surface area contributed by atoms with Crippen LogP contribution in [-0.4, -0.2) is 49.6 Å². The average Bonchev–Trinajstić information content (AvgIpc) is 2.99. The largest absolute Gasteiger partial charge is 0.394 e. The van der Waals surface area contributed by atoms with Gasteiger partial charge in [0.05, 0.1) is 12.3 Å². The van der Waals surface area contributed by atoms with Crippen LogP contribution in [0.1, 0.15) is 65.2 Å². The second-order valence-electron chi connectivity index (χ2n) is 10.8. The Labute approximate surface area is 177 Å². The summed E-state index contributed by atoms with van der Waals surface area (Å²) in [5.74, 6) is 2.35. The molecule has 0 amide bonds. The van der Waals surface area contributed by atoms with E-state index in [0.717, 1.165) is 37.1 Å². The van der Waals surface area contributed by atoms with E-state index in [2.05, 4.69) is 36.1 Å². The van der Waals surface area contributed by atoms with Gasteiger partial charge in [-0.3, -0.25) is 0 Å². The molecule has 0 heterocycles. The summed E-state index contributed by atoms with van der Waals surface area (Å²) in [5.41, 5.74) is 3.60. The van der Waals surface area contributed by atoms with Crippen LogP contribution in [0.5, 0.6) is 0 Å². The van der Waals surface area contributed by atoms with Crippen molar-refractivity contribution >= 4 is 6.21 Å². The van der Waals surface area contributed by atoms with Gasteiger partial charge in [0.15, 0.2) is 0 Å². The van der Waals surface area contributed by atoms with Crippen molar-refractivity contribution in [3.05, 3.63) is 23.3 Å². The minimum absolute atomic E-state index is 0.0710. The second kappa shape index (κ2) is 8.19. The quantitative estimate of drug-likeness (QED) is 0.410. The molecule has 0 aromatic heterocycles. The number of oxime groups is 1. The Morgan fingerprint density at radius 3 is 2.76 bits per heavy atom. The first-order chi connectivity index (χ1) is 13.8. The normalized spacial score (nSPS) is 43.2. The molecular formula is C25H40N2O2. The molecule has 1 N–H and O–H groups in total. The molecule has 4 nitrogen and oxygen atoms in total. The monoisotopic (exact) mass is 400 g/mol. The summed E-state index contributed by atoms with van der Waals surface area (Å²) < 4.78 is 0. The van der Waals surface area contributed by atoms with E-state index in [-0.39, 0.29) is 11.5 Å². The van der Waals surface area contributed by atoms with Gasteiger partial charge in [0.25, 0.3) is 0 Å².